The molecule has 0 heterocycles. The Kier molecular flexibility index (Phi) is 14.0. The first-order valence-corrected chi connectivity index (χ1v) is 13.8. The highest BCUT2D eigenvalue weighted by atomic mass is 127. The Morgan fingerprint density at radius 1 is 0.824 bits per heavy atom. The number of nitrogens with one attached hydrogen (secondary N) is 1. The second-order valence-corrected chi connectivity index (χ2v) is 10.7. The lowest BCUT2D eigenvalue weighted by Crippen LogP contribution is -2.38. The van der Waals surface area contributed by atoms with Gasteiger partial charge in [0.25, 0.3) is 5.91 Å². The lowest BCUT2D eigenvalue weighted by atomic mass is 10.1. The minimum absolute atomic E-state index is 0.0846. The van der Waals surface area contributed by atoms with E-state index in [9.17, 15) is 34.8 Å². The summed E-state index contributed by atoms with van der Waals surface area (Å²) >= 11 is 6.04. The molecule has 0 radical (unpaired) electrons. The van der Waals surface area contributed by atoms with E-state index in [0.29, 0.717) is 34.2 Å². The minimum atomic E-state index is -1.02. The zero-order chi connectivity index (χ0) is 26.2. The lowest BCUT2D eigenvalue weighted by Gasteiger charge is -2.31. The van der Waals surface area contributed by atoms with Crippen LogP contribution in [0.3, 0.4) is 0 Å². The maximum absolute atomic E-state index is 13.0. The molecule has 0 aliphatic heterocycles. The molecule has 13 heteroatoms. The van der Waals surface area contributed by atoms with Crippen molar-refractivity contribution in [2.24, 2.45) is 0 Å². The Balaban J connectivity index is 3.86. The average Bonchev–Trinajstić information content (AvgIpc) is 2.77. The average molecular weight is 817 g/mol. The predicted octanol–water partition coefficient (Wildman–Crippen LogP) is 1.44. The Bertz CT molecular complexity index is 842. The van der Waals surface area contributed by atoms with E-state index in [1.165, 1.54) is 23.6 Å². The van der Waals surface area contributed by atoms with Gasteiger partial charge in [-0.1, -0.05) is 0 Å². The number of hydrogen-bond donors (Lipinski definition) is 5. The molecule has 0 fully saturated rings. The molecule has 1 aromatic carbocycles. The number of hydrogen-bond acceptors (Lipinski definition) is 7. The van der Waals surface area contributed by atoms with E-state index in [2.05, 4.69) is 5.32 Å². The molecule has 0 spiro atoms. The number of benzene rings is 1. The molecule has 10 nitrogen and oxygen atoms in total. The third-order valence-electron chi connectivity index (χ3n) is 4.93. The van der Waals surface area contributed by atoms with Crippen LogP contribution in [0.4, 0.5) is 11.4 Å². The summed E-state index contributed by atoms with van der Waals surface area (Å²) in [5.41, 5.74) is 1.14. The molecule has 0 aromatic heterocycles. The van der Waals surface area contributed by atoms with Crippen molar-refractivity contribution in [2.75, 3.05) is 42.6 Å². The third-order valence-corrected chi connectivity index (χ3v) is 8.05. The van der Waals surface area contributed by atoms with Gasteiger partial charge in [-0.05, 0) is 87.5 Å². The van der Waals surface area contributed by atoms with E-state index >= 15 is 0 Å². The van der Waals surface area contributed by atoms with Crippen molar-refractivity contribution < 1.29 is 34.8 Å². The van der Waals surface area contributed by atoms with E-state index in [0.717, 1.165) is 0 Å². The topological polar surface area (TPSA) is 151 Å². The predicted molar refractivity (Wildman–Crippen MR) is 154 cm³/mol. The van der Waals surface area contributed by atoms with Crippen molar-refractivity contribution >= 4 is 96.9 Å². The number of halogens is 3. The van der Waals surface area contributed by atoms with Crippen molar-refractivity contribution in [1.29, 1.82) is 0 Å². The standard InChI is InChI=1S/C21H30I3N3O7/c1-4-25-21(34)15-16(22)19(26(11(2)30)7-5-13(32)9-28)18(24)20(17(15)23)27(12(3)31)8-6-14(33)10-29/h13-14,28-29,32-33H,4-10H2,1-3H3,(H,25,34). The van der Waals surface area contributed by atoms with Gasteiger partial charge < -0.3 is 35.5 Å². The first-order valence-electron chi connectivity index (χ1n) is 10.5. The summed E-state index contributed by atoms with van der Waals surface area (Å²) in [6.07, 6.45) is -1.81. The third kappa shape index (κ3) is 8.09. The highest BCUT2D eigenvalue weighted by molar-refractivity contribution is 14.1. The Morgan fingerprint density at radius 3 is 1.50 bits per heavy atom. The van der Waals surface area contributed by atoms with Crippen LogP contribution in [0.25, 0.3) is 0 Å². The van der Waals surface area contributed by atoms with Gasteiger partial charge in [0.1, 0.15) is 0 Å². The normalized spacial score (nSPS) is 12.8. The molecule has 192 valence electrons. The number of nitrogens with zero attached hydrogens (tertiary/aromatic N) is 2. The SMILES string of the molecule is CCNC(=O)c1c(I)c(N(CCC(O)CO)C(C)=O)c(I)c(N(CCC(O)CO)C(C)=O)c1I. The highest BCUT2D eigenvalue weighted by Gasteiger charge is 2.32. The molecule has 0 aliphatic carbocycles. The van der Waals surface area contributed by atoms with Crippen molar-refractivity contribution in [3.05, 3.63) is 16.3 Å². The van der Waals surface area contributed by atoms with Crippen LogP contribution in [-0.4, -0.2) is 83.2 Å². The summed E-state index contributed by atoms with van der Waals surface area (Å²) in [5, 5.41) is 40.8. The van der Waals surface area contributed by atoms with E-state index in [1.54, 1.807) is 6.92 Å². The van der Waals surface area contributed by atoms with Gasteiger partial charge in [0.05, 0.1) is 53.1 Å². The molecule has 0 bridgehead atoms. The molecule has 0 saturated heterocycles. The van der Waals surface area contributed by atoms with Gasteiger partial charge in [-0.15, -0.1) is 0 Å². The molecular formula is C21H30I3N3O7. The number of amides is 3. The molecule has 0 aliphatic rings. The number of carbonyl (C=O) groups is 3. The fourth-order valence-corrected chi connectivity index (χ4v) is 7.97. The number of carbonyl (C=O) groups excluding carboxylic acids is 3. The van der Waals surface area contributed by atoms with Crippen LogP contribution in [0.2, 0.25) is 0 Å². The lowest BCUT2D eigenvalue weighted by molar-refractivity contribution is -0.117. The summed E-state index contributed by atoms with van der Waals surface area (Å²) in [5.74, 6) is -1.03. The van der Waals surface area contributed by atoms with Gasteiger partial charge in [-0.2, -0.15) is 0 Å². The molecule has 2 unspecified atom stereocenters. The van der Waals surface area contributed by atoms with Gasteiger partial charge in [-0.3, -0.25) is 14.4 Å². The van der Waals surface area contributed by atoms with E-state index in [-0.39, 0.29) is 43.7 Å². The molecule has 3 amide bonds. The van der Waals surface area contributed by atoms with Crippen molar-refractivity contribution in [1.82, 2.24) is 5.32 Å². The molecule has 2 atom stereocenters. The van der Waals surface area contributed by atoms with Crippen LogP contribution in [-0.2, 0) is 9.59 Å². The van der Waals surface area contributed by atoms with Gasteiger partial charge in [-0.25, -0.2) is 0 Å². The van der Waals surface area contributed by atoms with Crippen LogP contribution in [0.1, 0.15) is 44.0 Å². The van der Waals surface area contributed by atoms with Gasteiger partial charge in [0, 0.05) is 33.5 Å². The van der Waals surface area contributed by atoms with E-state index in [1.807, 2.05) is 67.8 Å². The van der Waals surface area contributed by atoms with Gasteiger partial charge in [0.2, 0.25) is 11.8 Å². The van der Waals surface area contributed by atoms with Crippen molar-refractivity contribution in [3.63, 3.8) is 0 Å². The van der Waals surface area contributed by atoms with Crippen LogP contribution < -0.4 is 15.1 Å². The number of anilines is 2. The number of aliphatic hydroxyl groups excluding tert-OH is 4. The summed E-state index contributed by atoms with van der Waals surface area (Å²) in [4.78, 5) is 41.2. The molecule has 1 aromatic rings. The summed E-state index contributed by atoms with van der Waals surface area (Å²) in [6, 6.07) is 0. The van der Waals surface area contributed by atoms with Gasteiger partial charge >= 0.3 is 0 Å². The first kappa shape index (κ1) is 31.7. The zero-order valence-electron chi connectivity index (χ0n) is 19.1. The summed E-state index contributed by atoms with van der Waals surface area (Å²) < 4.78 is 1.56. The van der Waals surface area contributed by atoms with Crippen molar-refractivity contribution in [3.8, 4) is 0 Å². The van der Waals surface area contributed by atoms with Crippen LogP contribution in [0.15, 0.2) is 0 Å². The summed E-state index contributed by atoms with van der Waals surface area (Å²) in [6.45, 7) is 4.15. The molecular weight excluding hydrogens is 787 g/mol. The van der Waals surface area contributed by atoms with E-state index in [4.69, 9.17) is 0 Å². The maximum atomic E-state index is 13.0. The zero-order valence-corrected chi connectivity index (χ0v) is 25.6. The highest BCUT2D eigenvalue weighted by Crippen LogP contribution is 2.43. The molecule has 0 saturated carbocycles. The molecule has 5 N–H and O–H groups in total. The van der Waals surface area contributed by atoms with E-state index < -0.39 is 25.4 Å². The fraction of sp³-hybridized carbons (Fsp3) is 0.571. The Hall–Kier alpha value is -0.340. The number of rotatable bonds is 12. The van der Waals surface area contributed by atoms with Crippen molar-refractivity contribution in [2.45, 2.75) is 45.8 Å². The van der Waals surface area contributed by atoms with Crippen LogP contribution >= 0.6 is 67.8 Å². The monoisotopic (exact) mass is 817 g/mol. The first-order chi connectivity index (χ1) is 15.9. The van der Waals surface area contributed by atoms with Crippen LogP contribution in [0, 0.1) is 10.7 Å². The minimum Gasteiger partial charge on any atom is -0.394 e. The fourth-order valence-electron chi connectivity index (χ4n) is 3.15. The van der Waals surface area contributed by atoms with Gasteiger partial charge in [0.15, 0.2) is 0 Å². The summed E-state index contributed by atoms with van der Waals surface area (Å²) in [7, 11) is 0. The molecule has 1 rings (SSSR count). The quantitative estimate of drug-likeness (QED) is 0.201. The Morgan fingerprint density at radius 2 is 1.21 bits per heavy atom. The molecule has 34 heavy (non-hydrogen) atoms. The number of aliphatic hydroxyl groups is 4. The maximum Gasteiger partial charge on any atom is 0.253 e. The van der Waals surface area contributed by atoms with Crippen LogP contribution in [0.5, 0.6) is 0 Å². The largest absolute Gasteiger partial charge is 0.394 e. The second-order valence-electron chi connectivity index (χ2n) is 7.47. The smallest absolute Gasteiger partial charge is 0.253 e. The second kappa shape index (κ2) is 15.0. The Labute approximate surface area is 239 Å².